The van der Waals surface area contributed by atoms with Gasteiger partial charge in [0.2, 0.25) is 0 Å². The summed E-state index contributed by atoms with van der Waals surface area (Å²) in [6.45, 7) is 5.26. The number of hydrogen-bond acceptors (Lipinski definition) is 3. The van der Waals surface area contributed by atoms with Gasteiger partial charge in [0.1, 0.15) is 5.75 Å². The van der Waals surface area contributed by atoms with Crippen LogP contribution in [0.4, 0.5) is 0 Å². The predicted molar refractivity (Wildman–Crippen MR) is 84.9 cm³/mol. The number of nitrogens with one attached hydrogen (secondary N) is 1. The number of ether oxygens (including phenoxy) is 2. The van der Waals surface area contributed by atoms with E-state index in [1.165, 1.54) is 30.4 Å². The van der Waals surface area contributed by atoms with Crippen molar-refractivity contribution >= 4 is 0 Å². The lowest BCUT2D eigenvalue weighted by molar-refractivity contribution is -0.0644. The van der Waals surface area contributed by atoms with Crippen LogP contribution < -0.4 is 10.1 Å². The topological polar surface area (TPSA) is 30.5 Å². The van der Waals surface area contributed by atoms with Crippen molar-refractivity contribution in [3.8, 4) is 5.75 Å². The lowest BCUT2D eigenvalue weighted by Gasteiger charge is -2.39. The van der Waals surface area contributed by atoms with Gasteiger partial charge in [0.05, 0.1) is 12.7 Å². The first-order chi connectivity index (χ1) is 10.1. The fraction of sp³-hybridized carbons (Fsp3) is 0.667. The van der Waals surface area contributed by atoms with Gasteiger partial charge in [0, 0.05) is 18.7 Å². The number of benzene rings is 1. The van der Waals surface area contributed by atoms with E-state index in [1.807, 2.05) is 0 Å². The zero-order chi connectivity index (χ0) is 14.9. The van der Waals surface area contributed by atoms with Gasteiger partial charge in [0.25, 0.3) is 0 Å². The van der Waals surface area contributed by atoms with Gasteiger partial charge >= 0.3 is 0 Å². The summed E-state index contributed by atoms with van der Waals surface area (Å²) in [4.78, 5) is 0. The number of methoxy groups -OCH3 is 1. The monoisotopic (exact) mass is 289 g/mol. The number of aryl methyl sites for hydroxylation is 1. The van der Waals surface area contributed by atoms with Gasteiger partial charge in [-0.2, -0.15) is 0 Å². The summed E-state index contributed by atoms with van der Waals surface area (Å²) in [5.74, 6) is 0.974. The van der Waals surface area contributed by atoms with Crippen LogP contribution >= 0.6 is 0 Å². The van der Waals surface area contributed by atoms with E-state index < -0.39 is 0 Å². The summed E-state index contributed by atoms with van der Waals surface area (Å²) < 4.78 is 11.2. The molecule has 0 saturated carbocycles. The molecule has 1 N–H and O–H groups in total. The Bertz CT molecular complexity index is 498. The molecule has 2 aliphatic rings. The molecule has 2 atom stereocenters. The quantitative estimate of drug-likeness (QED) is 0.922. The van der Waals surface area contributed by atoms with E-state index >= 15 is 0 Å². The lowest BCUT2D eigenvalue weighted by Crippen LogP contribution is -2.45. The van der Waals surface area contributed by atoms with Crippen molar-refractivity contribution in [1.82, 2.24) is 5.32 Å². The van der Waals surface area contributed by atoms with E-state index in [1.54, 1.807) is 7.11 Å². The van der Waals surface area contributed by atoms with Crippen LogP contribution in [0.2, 0.25) is 0 Å². The Morgan fingerprint density at radius 1 is 1.29 bits per heavy atom. The number of rotatable bonds is 3. The van der Waals surface area contributed by atoms with Crippen molar-refractivity contribution < 1.29 is 9.47 Å². The third-order valence-electron chi connectivity index (χ3n) is 4.80. The lowest BCUT2D eigenvalue weighted by atomic mass is 9.85. The van der Waals surface area contributed by atoms with Crippen LogP contribution in [0.1, 0.15) is 56.7 Å². The fourth-order valence-electron chi connectivity index (χ4n) is 3.75. The Labute approximate surface area is 128 Å². The molecule has 1 aliphatic carbocycles. The molecule has 0 amide bonds. The molecule has 116 valence electrons. The van der Waals surface area contributed by atoms with E-state index in [4.69, 9.17) is 9.47 Å². The van der Waals surface area contributed by atoms with Gasteiger partial charge in [0.15, 0.2) is 0 Å². The summed E-state index contributed by atoms with van der Waals surface area (Å²) in [6.07, 6.45) is 5.87. The third kappa shape index (κ3) is 3.41. The van der Waals surface area contributed by atoms with Gasteiger partial charge in [-0.1, -0.05) is 6.07 Å². The van der Waals surface area contributed by atoms with E-state index in [-0.39, 0.29) is 5.60 Å². The Balaban J connectivity index is 1.73. The Hall–Kier alpha value is -1.06. The first-order valence-corrected chi connectivity index (χ1v) is 8.14. The molecular formula is C18H27NO2. The standard InChI is InChI=1S/C18H27NO2/c1-18(2)12-14(9-10-21-18)19-17-6-4-5-13-11-15(20-3)7-8-16(13)17/h7-8,11,14,17,19H,4-6,9-10,12H2,1-3H3. The van der Waals surface area contributed by atoms with Gasteiger partial charge < -0.3 is 14.8 Å². The highest BCUT2D eigenvalue weighted by Gasteiger charge is 2.31. The molecule has 1 aromatic rings. The maximum absolute atomic E-state index is 5.83. The predicted octanol–water partition coefficient (Wildman–Crippen LogP) is 3.62. The van der Waals surface area contributed by atoms with Crippen molar-refractivity contribution in [3.63, 3.8) is 0 Å². The first-order valence-electron chi connectivity index (χ1n) is 8.14. The van der Waals surface area contributed by atoms with Crippen molar-refractivity contribution in [2.75, 3.05) is 13.7 Å². The van der Waals surface area contributed by atoms with E-state index in [9.17, 15) is 0 Å². The molecule has 2 unspecified atom stereocenters. The van der Waals surface area contributed by atoms with Crippen LogP contribution in [0.25, 0.3) is 0 Å². The van der Waals surface area contributed by atoms with Gasteiger partial charge in [-0.05, 0) is 69.2 Å². The molecule has 3 heteroatoms. The second kappa shape index (κ2) is 5.98. The van der Waals surface area contributed by atoms with Crippen LogP contribution in [0.3, 0.4) is 0 Å². The van der Waals surface area contributed by atoms with E-state index in [0.29, 0.717) is 12.1 Å². The minimum Gasteiger partial charge on any atom is -0.497 e. The third-order valence-corrected chi connectivity index (χ3v) is 4.80. The minimum absolute atomic E-state index is 0.00726. The van der Waals surface area contributed by atoms with Crippen molar-refractivity contribution in [2.24, 2.45) is 0 Å². The number of fused-ring (bicyclic) bond motifs is 1. The normalized spacial score (nSPS) is 28.0. The van der Waals surface area contributed by atoms with Gasteiger partial charge in [-0.3, -0.25) is 0 Å². The van der Waals surface area contributed by atoms with Crippen molar-refractivity contribution in [2.45, 2.75) is 63.6 Å². The highest BCUT2D eigenvalue weighted by molar-refractivity contribution is 5.39. The summed E-state index contributed by atoms with van der Waals surface area (Å²) in [6, 6.07) is 7.59. The average molecular weight is 289 g/mol. The second-order valence-electron chi connectivity index (χ2n) is 6.97. The molecule has 3 nitrogen and oxygen atoms in total. The fourth-order valence-corrected chi connectivity index (χ4v) is 3.75. The molecule has 1 fully saturated rings. The van der Waals surface area contributed by atoms with Crippen molar-refractivity contribution in [1.29, 1.82) is 0 Å². The summed E-state index contributed by atoms with van der Waals surface area (Å²) in [5.41, 5.74) is 2.92. The molecular weight excluding hydrogens is 262 g/mol. The molecule has 21 heavy (non-hydrogen) atoms. The molecule has 1 saturated heterocycles. The molecule has 3 rings (SSSR count). The Morgan fingerprint density at radius 2 is 2.14 bits per heavy atom. The van der Waals surface area contributed by atoms with Gasteiger partial charge in [-0.25, -0.2) is 0 Å². The zero-order valence-corrected chi connectivity index (χ0v) is 13.4. The number of hydrogen-bond donors (Lipinski definition) is 1. The molecule has 0 radical (unpaired) electrons. The second-order valence-corrected chi connectivity index (χ2v) is 6.97. The molecule has 0 aromatic heterocycles. The molecule has 1 aliphatic heterocycles. The molecule has 1 heterocycles. The molecule has 0 spiro atoms. The van der Waals surface area contributed by atoms with E-state index in [0.717, 1.165) is 25.2 Å². The SMILES string of the molecule is COc1ccc2c(c1)CCCC2NC1CCOC(C)(C)C1. The highest BCUT2D eigenvalue weighted by Crippen LogP contribution is 2.34. The van der Waals surface area contributed by atoms with E-state index in [2.05, 4.69) is 37.4 Å². The zero-order valence-electron chi connectivity index (χ0n) is 13.4. The largest absolute Gasteiger partial charge is 0.497 e. The first kappa shape index (κ1) is 14.9. The minimum atomic E-state index is 0.00726. The summed E-state index contributed by atoms with van der Waals surface area (Å²) in [5, 5.41) is 3.89. The summed E-state index contributed by atoms with van der Waals surface area (Å²) in [7, 11) is 1.74. The van der Waals surface area contributed by atoms with Crippen LogP contribution in [-0.2, 0) is 11.2 Å². The smallest absolute Gasteiger partial charge is 0.119 e. The van der Waals surface area contributed by atoms with Crippen LogP contribution in [0.15, 0.2) is 18.2 Å². The van der Waals surface area contributed by atoms with Crippen molar-refractivity contribution in [3.05, 3.63) is 29.3 Å². The van der Waals surface area contributed by atoms with Gasteiger partial charge in [-0.15, -0.1) is 0 Å². The average Bonchev–Trinajstić information content (AvgIpc) is 2.46. The maximum Gasteiger partial charge on any atom is 0.119 e. The molecule has 1 aromatic carbocycles. The Morgan fingerprint density at radius 3 is 2.90 bits per heavy atom. The Kier molecular flexibility index (Phi) is 4.23. The maximum atomic E-state index is 5.83. The van der Waals surface area contributed by atoms with Crippen LogP contribution in [0.5, 0.6) is 5.75 Å². The summed E-state index contributed by atoms with van der Waals surface area (Å²) >= 11 is 0. The highest BCUT2D eigenvalue weighted by atomic mass is 16.5. The van der Waals surface area contributed by atoms with Crippen LogP contribution in [0, 0.1) is 0 Å². The van der Waals surface area contributed by atoms with Crippen LogP contribution in [-0.4, -0.2) is 25.4 Å². The molecule has 0 bridgehead atoms.